The smallest absolute Gasteiger partial charge is 0.251 e. The summed E-state index contributed by atoms with van der Waals surface area (Å²) in [5.41, 5.74) is 0.383. The van der Waals surface area contributed by atoms with Crippen LogP contribution in [-0.2, 0) is 14.8 Å². The molecule has 2 saturated heterocycles. The molecule has 0 spiro atoms. The Morgan fingerprint density at radius 1 is 1.09 bits per heavy atom. The lowest BCUT2D eigenvalue weighted by molar-refractivity contribution is -0.0361. The van der Waals surface area contributed by atoms with Crippen LogP contribution in [0, 0.1) is 0 Å². The van der Waals surface area contributed by atoms with Crippen LogP contribution in [0.4, 0.5) is 0 Å². The van der Waals surface area contributed by atoms with Gasteiger partial charge in [0, 0.05) is 43.3 Å². The van der Waals surface area contributed by atoms with Crippen LogP contribution in [0.5, 0.6) is 0 Å². The molecule has 0 radical (unpaired) electrons. The highest BCUT2D eigenvalue weighted by Gasteiger charge is 2.39. The van der Waals surface area contributed by atoms with E-state index in [0.717, 1.165) is 58.4 Å². The summed E-state index contributed by atoms with van der Waals surface area (Å²) in [6.45, 7) is 6.38. The number of nitrogens with zero attached hydrogens (tertiary/aromatic N) is 2. The minimum absolute atomic E-state index is 0.00841. The minimum atomic E-state index is -3.60. The van der Waals surface area contributed by atoms with Crippen LogP contribution in [0.3, 0.4) is 0 Å². The normalized spacial score (nSPS) is 25.3. The van der Waals surface area contributed by atoms with E-state index in [1.54, 1.807) is 22.5 Å². The predicted molar refractivity (Wildman–Crippen MR) is 124 cm³/mol. The van der Waals surface area contributed by atoms with Gasteiger partial charge in [-0.25, -0.2) is 8.42 Å². The van der Waals surface area contributed by atoms with E-state index in [-0.39, 0.29) is 22.4 Å². The number of benzene rings is 1. The molecule has 8 heteroatoms. The number of carbonyl (C=O) groups is 1. The van der Waals surface area contributed by atoms with Gasteiger partial charge < -0.3 is 10.1 Å². The van der Waals surface area contributed by atoms with E-state index in [4.69, 9.17) is 4.74 Å². The number of sulfonamides is 1. The summed E-state index contributed by atoms with van der Waals surface area (Å²) in [5.74, 6) is -0.202. The van der Waals surface area contributed by atoms with Crippen molar-refractivity contribution < 1.29 is 17.9 Å². The standard InChI is InChI=1S/C24H37N3O4S/c1-20-8-3-6-13-27(20)32(29,30)22-10-7-9-21(18-22)23(28)25-19-24(11-4-2-5-12-24)26-14-16-31-17-15-26/h7,9-10,18,20H,2-6,8,11-17,19H2,1H3,(H,25,28). The van der Waals surface area contributed by atoms with Gasteiger partial charge in [-0.2, -0.15) is 4.31 Å². The number of morpholine rings is 1. The highest BCUT2D eigenvalue weighted by molar-refractivity contribution is 7.89. The number of nitrogens with one attached hydrogen (secondary N) is 1. The van der Waals surface area contributed by atoms with Crippen LogP contribution in [-0.4, -0.2) is 74.5 Å². The number of amides is 1. The average molecular weight is 464 g/mol. The molecule has 3 aliphatic rings. The Morgan fingerprint density at radius 2 is 1.84 bits per heavy atom. The third kappa shape index (κ3) is 5.03. The molecule has 7 nitrogen and oxygen atoms in total. The van der Waals surface area contributed by atoms with Gasteiger partial charge in [-0.05, 0) is 50.8 Å². The van der Waals surface area contributed by atoms with Crippen LogP contribution in [0.25, 0.3) is 0 Å². The quantitative estimate of drug-likeness (QED) is 0.702. The van der Waals surface area contributed by atoms with Crippen LogP contribution in [0.15, 0.2) is 29.2 Å². The number of rotatable bonds is 6. The Morgan fingerprint density at radius 3 is 2.56 bits per heavy atom. The Hall–Kier alpha value is -1.48. The Bertz CT molecular complexity index is 892. The SMILES string of the molecule is CC1CCCCN1S(=O)(=O)c1cccc(C(=O)NCC2(N3CCOCC3)CCCCC2)c1. The van der Waals surface area contributed by atoms with Gasteiger partial charge in [-0.3, -0.25) is 9.69 Å². The minimum Gasteiger partial charge on any atom is -0.379 e. The van der Waals surface area contributed by atoms with Crippen molar-refractivity contribution in [3.8, 4) is 0 Å². The third-order valence-corrected chi connectivity index (χ3v) is 9.50. The lowest BCUT2D eigenvalue weighted by atomic mass is 9.79. The van der Waals surface area contributed by atoms with Crippen molar-refractivity contribution in [3.63, 3.8) is 0 Å². The van der Waals surface area contributed by atoms with Crippen LogP contribution in [0.1, 0.15) is 68.6 Å². The van der Waals surface area contributed by atoms with Gasteiger partial charge in [-0.1, -0.05) is 31.7 Å². The fraction of sp³-hybridized carbons (Fsp3) is 0.708. The van der Waals surface area contributed by atoms with Crippen molar-refractivity contribution in [2.24, 2.45) is 0 Å². The van der Waals surface area contributed by atoms with Crippen LogP contribution in [0.2, 0.25) is 0 Å². The largest absolute Gasteiger partial charge is 0.379 e. The van der Waals surface area contributed by atoms with E-state index in [1.165, 1.54) is 25.3 Å². The zero-order valence-corrected chi connectivity index (χ0v) is 20.0. The second-order valence-electron chi connectivity index (χ2n) is 9.56. The third-order valence-electron chi connectivity index (χ3n) is 7.49. The maximum atomic E-state index is 13.2. The molecular weight excluding hydrogens is 426 g/mol. The van der Waals surface area contributed by atoms with E-state index in [0.29, 0.717) is 18.7 Å². The zero-order valence-electron chi connectivity index (χ0n) is 19.2. The highest BCUT2D eigenvalue weighted by atomic mass is 32.2. The number of ether oxygens (including phenoxy) is 1. The Labute approximate surface area is 192 Å². The molecule has 1 amide bonds. The fourth-order valence-electron chi connectivity index (χ4n) is 5.56. The lowest BCUT2D eigenvalue weighted by Gasteiger charge is -2.48. The van der Waals surface area contributed by atoms with Gasteiger partial charge in [0.1, 0.15) is 0 Å². The summed E-state index contributed by atoms with van der Waals surface area (Å²) < 4.78 is 33.6. The molecule has 0 bridgehead atoms. The van der Waals surface area contributed by atoms with E-state index in [9.17, 15) is 13.2 Å². The molecule has 3 fully saturated rings. The van der Waals surface area contributed by atoms with Gasteiger partial charge in [0.05, 0.1) is 18.1 Å². The van der Waals surface area contributed by atoms with Gasteiger partial charge in [-0.15, -0.1) is 0 Å². The number of hydrogen-bond acceptors (Lipinski definition) is 5. The van der Waals surface area contributed by atoms with Crippen molar-refractivity contribution in [1.82, 2.24) is 14.5 Å². The molecule has 1 aromatic carbocycles. The fourth-order valence-corrected chi connectivity index (χ4v) is 7.31. The topological polar surface area (TPSA) is 79.0 Å². The molecule has 178 valence electrons. The van der Waals surface area contributed by atoms with Crippen molar-refractivity contribution in [1.29, 1.82) is 0 Å². The molecule has 1 N–H and O–H groups in total. The van der Waals surface area contributed by atoms with Crippen molar-refractivity contribution in [2.45, 2.75) is 74.8 Å². The summed E-state index contributed by atoms with van der Waals surface area (Å²) >= 11 is 0. The maximum absolute atomic E-state index is 13.2. The molecule has 1 aromatic rings. The first-order valence-corrected chi connectivity index (χ1v) is 13.6. The average Bonchev–Trinajstić information content (AvgIpc) is 2.84. The lowest BCUT2D eigenvalue weighted by Crippen LogP contribution is -2.59. The molecular formula is C24H37N3O4S. The maximum Gasteiger partial charge on any atom is 0.251 e. The van der Waals surface area contributed by atoms with Gasteiger partial charge in [0.25, 0.3) is 5.91 Å². The van der Waals surface area contributed by atoms with Crippen LogP contribution >= 0.6 is 0 Å². The predicted octanol–water partition coefficient (Wildman–Crippen LogP) is 3.01. The molecule has 1 saturated carbocycles. The van der Waals surface area contributed by atoms with Crippen molar-refractivity contribution >= 4 is 15.9 Å². The van der Waals surface area contributed by atoms with Crippen molar-refractivity contribution in [2.75, 3.05) is 39.4 Å². The summed E-state index contributed by atoms with van der Waals surface area (Å²) in [5, 5.41) is 3.14. The number of carbonyl (C=O) groups excluding carboxylic acids is 1. The van der Waals surface area contributed by atoms with E-state index in [2.05, 4.69) is 10.2 Å². The zero-order chi connectivity index (χ0) is 22.6. The number of piperidine rings is 1. The van der Waals surface area contributed by atoms with Crippen molar-refractivity contribution in [3.05, 3.63) is 29.8 Å². The van der Waals surface area contributed by atoms with E-state index < -0.39 is 10.0 Å². The molecule has 2 heterocycles. The Kier molecular flexibility index (Phi) is 7.54. The summed E-state index contributed by atoms with van der Waals surface area (Å²) in [7, 11) is -3.60. The molecule has 1 unspecified atom stereocenters. The van der Waals surface area contributed by atoms with E-state index >= 15 is 0 Å². The van der Waals surface area contributed by atoms with Gasteiger partial charge in [0.2, 0.25) is 10.0 Å². The highest BCUT2D eigenvalue weighted by Crippen LogP contribution is 2.34. The van der Waals surface area contributed by atoms with E-state index in [1.807, 2.05) is 6.92 Å². The summed E-state index contributed by atoms with van der Waals surface area (Å²) in [6, 6.07) is 6.51. The van der Waals surface area contributed by atoms with Gasteiger partial charge >= 0.3 is 0 Å². The molecule has 1 aliphatic carbocycles. The second kappa shape index (κ2) is 10.2. The Balaban J connectivity index is 1.47. The number of hydrogen-bond donors (Lipinski definition) is 1. The molecule has 1 atom stereocenters. The molecule has 2 aliphatic heterocycles. The first kappa shape index (κ1) is 23.7. The molecule has 32 heavy (non-hydrogen) atoms. The monoisotopic (exact) mass is 463 g/mol. The first-order chi connectivity index (χ1) is 15.4. The molecule has 0 aromatic heterocycles. The second-order valence-corrected chi connectivity index (χ2v) is 11.4. The van der Waals surface area contributed by atoms with Crippen LogP contribution < -0.4 is 5.32 Å². The van der Waals surface area contributed by atoms with Gasteiger partial charge in [0.15, 0.2) is 0 Å². The molecule has 4 rings (SSSR count). The first-order valence-electron chi connectivity index (χ1n) is 12.2. The summed E-state index contributed by atoms with van der Waals surface area (Å²) in [6.07, 6.45) is 8.57. The summed E-state index contributed by atoms with van der Waals surface area (Å²) in [4.78, 5) is 15.8.